The fraction of sp³-hybridized carbons (Fsp3) is 0.909. The van der Waals surface area contributed by atoms with Gasteiger partial charge in [-0.1, -0.05) is 25.6 Å². The highest BCUT2D eigenvalue weighted by Crippen LogP contribution is 2.19. The van der Waals surface area contributed by atoms with Crippen LogP contribution in [0.2, 0.25) is 0 Å². The second-order valence-electron chi connectivity index (χ2n) is 3.84. The maximum Gasteiger partial charge on any atom is 0.157 e. The van der Waals surface area contributed by atoms with Crippen molar-refractivity contribution in [2.75, 3.05) is 17.3 Å². The molecule has 0 aliphatic carbocycles. The number of thioether (sulfide) groups is 2. The van der Waals surface area contributed by atoms with Crippen LogP contribution in [-0.2, 0) is 0 Å². The van der Waals surface area contributed by atoms with Crippen molar-refractivity contribution in [3.8, 4) is 0 Å². The first-order chi connectivity index (χ1) is 7.26. The van der Waals surface area contributed by atoms with Gasteiger partial charge in [-0.25, -0.2) is 0 Å². The molecule has 15 heavy (non-hydrogen) atoms. The molecule has 0 aromatic rings. The predicted molar refractivity (Wildman–Crippen MR) is 74.2 cm³/mol. The van der Waals surface area contributed by atoms with Crippen molar-refractivity contribution in [2.24, 2.45) is 4.99 Å². The van der Waals surface area contributed by atoms with E-state index in [1.165, 1.54) is 17.9 Å². The van der Waals surface area contributed by atoms with Crippen LogP contribution < -0.4 is 5.32 Å². The van der Waals surface area contributed by atoms with Gasteiger partial charge in [-0.2, -0.15) is 11.8 Å². The van der Waals surface area contributed by atoms with E-state index in [2.05, 4.69) is 31.1 Å². The molecule has 1 N–H and O–H groups in total. The topological polar surface area (TPSA) is 24.4 Å². The lowest BCUT2D eigenvalue weighted by molar-refractivity contribution is 0.646. The summed E-state index contributed by atoms with van der Waals surface area (Å²) >= 11 is 3.89. The Morgan fingerprint density at radius 2 is 2.40 bits per heavy atom. The molecule has 1 aliphatic rings. The van der Waals surface area contributed by atoms with Crippen LogP contribution in [0.25, 0.3) is 0 Å². The first-order valence-electron chi connectivity index (χ1n) is 5.81. The Hall–Kier alpha value is 0.170. The highest BCUT2D eigenvalue weighted by molar-refractivity contribution is 8.14. The van der Waals surface area contributed by atoms with Crippen LogP contribution >= 0.6 is 23.5 Å². The molecule has 0 bridgehead atoms. The van der Waals surface area contributed by atoms with E-state index >= 15 is 0 Å². The van der Waals surface area contributed by atoms with E-state index in [0.717, 1.165) is 17.3 Å². The Morgan fingerprint density at radius 1 is 1.60 bits per heavy atom. The zero-order chi connectivity index (χ0) is 11.1. The van der Waals surface area contributed by atoms with E-state index < -0.39 is 0 Å². The maximum atomic E-state index is 4.64. The molecule has 2 atom stereocenters. The van der Waals surface area contributed by atoms with Gasteiger partial charge >= 0.3 is 0 Å². The molecule has 2 nitrogen and oxygen atoms in total. The van der Waals surface area contributed by atoms with Gasteiger partial charge in [-0.3, -0.25) is 4.99 Å². The quantitative estimate of drug-likeness (QED) is 0.729. The Bertz CT molecular complexity index is 207. The van der Waals surface area contributed by atoms with Crippen LogP contribution in [0.15, 0.2) is 4.99 Å². The SMILES string of the molecule is CCSCCC(C)NC1=NC(CC)CS1. The lowest BCUT2D eigenvalue weighted by atomic mass is 10.3. The number of hydrogen-bond acceptors (Lipinski definition) is 4. The van der Waals surface area contributed by atoms with Crippen molar-refractivity contribution >= 4 is 28.7 Å². The van der Waals surface area contributed by atoms with Gasteiger partial charge in [-0.05, 0) is 31.3 Å². The summed E-state index contributed by atoms with van der Waals surface area (Å²) in [5.74, 6) is 3.63. The molecule has 0 aromatic heterocycles. The van der Waals surface area contributed by atoms with Crippen LogP contribution in [0, 0.1) is 0 Å². The van der Waals surface area contributed by atoms with Crippen LogP contribution in [0.5, 0.6) is 0 Å². The lowest BCUT2D eigenvalue weighted by Gasteiger charge is -2.13. The molecule has 0 saturated heterocycles. The third kappa shape index (κ3) is 5.16. The molecule has 0 spiro atoms. The van der Waals surface area contributed by atoms with Crippen molar-refractivity contribution in [3.63, 3.8) is 0 Å². The van der Waals surface area contributed by atoms with Crippen molar-refractivity contribution in [1.29, 1.82) is 0 Å². The van der Waals surface area contributed by atoms with Crippen molar-refractivity contribution in [3.05, 3.63) is 0 Å². The number of nitrogens with zero attached hydrogens (tertiary/aromatic N) is 1. The van der Waals surface area contributed by atoms with Crippen LogP contribution in [0.4, 0.5) is 0 Å². The van der Waals surface area contributed by atoms with Gasteiger partial charge in [0, 0.05) is 11.8 Å². The Balaban J connectivity index is 2.17. The molecular weight excluding hydrogens is 224 g/mol. The highest BCUT2D eigenvalue weighted by Gasteiger charge is 2.17. The summed E-state index contributed by atoms with van der Waals surface area (Å²) in [6.07, 6.45) is 2.40. The average Bonchev–Trinajstić information content (AvgIpc) is 2.66. The monoisotopic (exact) mass is 246 g/mol. The first kappa shape index (κ1) is 13.2. The van der Waals surface area contributed by atoms with E-state index in [1.807, 2.05) is 23.5 Å². The third-order valence-corrected chi connectivity index (χ3v) is 4.43. The van der Waals surface area contributed by atoms with Gasteiger partial charge in [0.2, 0.25) is 0 Å². The van der Waals surface area contributed by atoms with Gasteiger partial charge in [0.25, 0.3) is 0 Å². The molecule has 1 heterocycles. The van der Waals surface area contributed by atoms with Gasteiger partial charge in [0.05, 0.1) is 6.04 Å². The van der Waals surface area contributed by atoms with E-state index in [1.54, 1.807) is 0 Å². The van der Waals surface area contributed by atoms with Gasteiger partial charge in [-0.15, -0.1) is 0 Å². The standard InChI is InChI=1S/C11H22N2S2/c1-4-10-8-15-11(13-10)12-9(3)6-7-14-5-2/h9-10H,4-8H2,1-3H3,(H,12,13). The summed E-state index contributed by atoms with van der Waals surface area (Å²) in [6, 6.07) is 1.11. The molecule has 0 radical (unpaired) electrons. The Labute approximate surface area is 102 Å². The minimum Gasteiger partial charge on any atom is -0.362 e. The molecule has 2 unspecified atom stereocenters. The number of hydrogen-bond donors (Lipinski definition) is 1. The molecule has 4 heteroatoms. The zero-order valence-electron chi connectivity index (χ0n) is 9.95. The maximum absolute atomic E-state index is 4.64. The number of nitrogens with one attached hydrogen (secondary N) is 1. The summed E-state index contributed by atoms with van der Waals surface area (Å²) in [4.78, 5) is 4.64. The number of aliphatic imine (C=N–C) groups is 1. The van der Waals surface area contributed by atoms with Gasteiger partial charge in [0.1, 0.15) is 0 Å². The Kier molecular flexibility index (Phi) is 6.57. The third-order valence-electron chi connectivity index (χ3n) is 2.45. The minimum atomic E-state index is 0.551. The summed E-state index contributed by atoms with van der Waals surface area (Å²) < 4.78 is 0. The smallest absolute Gasteiger partial charge is 0.157 e. The minimum absolute atomic E-state index is 0.551. The second-order valence-corrected chi connectivity index (χ2v) is 6.24. The second kappa shape index (κ2) is 7.44. The molecule has 0 aromatic carbocycles. The van der Waals surface area contributed by atoms with E-state index in [9.17, 15) is 0 Å². The van der Waals surface area contributed by atoms with Gasteiger partial charge < -0.3 is 5.32 Å². The molecule has 88 valence electrons. The van der Waals surface area contributed by atoms with Crippen LogP contribution in [0.3, 0.4) is 0 Å². The van der Waals surface area contributed by atoms with Crippen molar-refractivity contribution < 1.29 is 0 Å². The first-order valence-corrected chi connectivity index (χ1v) is 7.95. The van der Waals surface area contributed by atoms with Crippen molar-refractivity contribution in [1.82, 2.24) is 5.32 Å². The summed E-state index contributed by atoms with van der Waals surface area (Å²) in [5.41, 5.74) is 0. The zero-order valence-corrected chi connectivity index (χ0v) is 11.6. The van der Waals surface area contributed by atoms with Gasteiger partial charge in [0.15, 0.2) is 5.17 Å². The van der Waals surface area contributed by atoms with E-state index in [-0.39, 0.29) is 0 Å². The van der Waals surface area contributed by atoms with Crippen LogP contribution in [0.1, 0.15) is 33.6 Å². The molecule has 1 rings (SSSR count). The normalized spacial score (nSPS) is 22.6. The fourth-order valence-electron chi connectivity index (χ4n) is 1.39. The molecule has 1 aliphatic heterocycles. The summed E-state index contributed by atoms with van der Waals surface area (Å²) in [6.45, 7) is 6.67. The van der Waals surface area contributed by atoms with Crippen molar-refractivity contribution in [2.45, 2.75) is 45.7 Å². The molecule has 0 fully saturated rings. The fourth-order valence-corrected chi connectivity index (χ4v) is 3.37. The molecule has 0 saturated carbocycles. The summed E-state index contributed by atoms with van der Waals surface area (Å²) in [7, 11) is 0. The number of amidine groups is 1. The van der Waals surface area contributed by atoms with Crippen LogP contribution in [-0.4, -0.2) is 34.5 Å². The lowest BCUT2D eigenvalue weighted by Crippen LogP contribution is -2.30. The highest BCUT2D eigenvalue weighted by atomic mass is 32.2. The van der Waals surface area contributed by atoms with E-state index in [0.29, 0.717) is 12.1 Å². The summed E-state index contributed by atoms with van der Waals surface area (Å²) in [5, 5.41) is 4.66. The predicted octanol–water partition coefficient (Wildman–Crippen LogP) is 2.99. The number of rotatable bonds is 6. The molecular formula is C11H22N2S2. The largest absolute Gasteiger partial charge is 0.362 e. The average molecular weight is 246 g/mol. The van der Waals surface area contributed by atoms with E-state index in [4.69, 9.17) is 0 Å². The Morgan fingerprint density at radius 3 is 3.00 bits per heavy atom. The molecule has 0 amide bonds.